The van der Waals surface area contributed by atoms with Crippen molar-refractivity contribution in [1.29, 1.82) is 0 Å². The lowest BCUT2D eigenvalue weighted by molar-refractivity contribution is 0.200. The van der Waals surface area contributed by atoms with E-state index in [0.717, 1.165) is 18.2 Å². The summed E-state index contributed by atoms with van der Waals surface area (Å²) in [6, 6.07) is 10.2. The molecule has 3 aliphatic rings. The van der Waals surface area contributed by atoms with Gasteiger partial charge in [0.25, 0.3) is 0 Å². The molecule has 3 heterocycles. The number of anilines is 1. The second-order valence-corrected chi connectivity index (χ2v) is 4.63. The predicted octanol–water partition coefficient (Wildman–Crippen LogP) is 2.18. The third-order valence-electron chi connectivity index (χ3n) is 3.55. The highest BCUT2D eigenvalue weighted by Crippen LogP contribution is 2.25. The van der Waals surface area contributed by atoms with Crippen molar-refractivity contribution in [1.82, 2.24) is 4.90 Å². The lowest BCUT2D eigenvalue weighted by Gasteiger charge is -2.39. The summed E-state index contributed by atoms with van der Waals surface area (Å²) >= 11 is 0. The summed E-state index contributed by atoms with van der Waals surface area (Å²) in [4.78, 5) is 2.49. The molecule has 0 unspecified atom stereocenters. The first kappa shape index (κ1) is 9.85. The van der Waals surface area contributed by atoms with E-state index in [0.29, 0.717) is 0 Å². The third kappa shape index (κ3) is 1.95. The van der Waals surface area contributed by atoms with Crippen LogP contribution in [0.5, 0.6) is 0 Å². The van der Waals surface area contributed by atoms with Gasteiger partial charge in [0.1, 0.15) is 0 Å². The Bertz CT molecular complexity index is 377. The second-order valence-electron chi connectivity index (χ2n) is 4.63. The molecule has 1 N–H and O–H groups in total. The molecule has 0 radical (unpaired) electrons. The molecule has 1 aromatic carbocycles. The zero-order valence-corrected chi connectivity index (χ0v) is 9.39. The van der Waals surface area contributed by atoms with Gasteiger partial charge in [-0.3, -0.25) is 10.3 Å². The van der Waals surface area contributed by atoms with Gasteiger partial charge in [-0.2, -0.15) is 5.10 Å². The lowest BCUT2D eigenvalue weighted by atomic mass is 9.87. The minimum Gasteiger partial charge on any atom is -0.298 e. The number of para-hydroxylation sites is 1. The Morgan fingerprint density at radius 2 is 1.88 bits per heavy atom. The molecule has 0 aromatic heterocycles. The largest absolute Gasteiger partial charge is 0.298 e. The normalized spacial score (nSPS) is 30.6. The number of hydrogen-bond donors (Lipinski definition) is 1. The molecule has 1 aromatic rings. The molecule has 0 amide bonds. The molecular formula is C13H17N3. The molecule has 3 nitrogen and oxygen atoms in total. The van der Waals surface area contributed by atoms with Gasteiger partial charge in [-0.15, -0.1) is 0 Å². The van der Waals surface area contributed by atoms with Gasteiger partial charge < -0.3 is 0 Å². The topological polar surface area (TPSA) is 27.6 Å². The number of hydrazone groups is 1. The highest BCUT2D eigenvalue weighted by atomic mass is 15.3. The van der Waals surface area contributed by atoms with Crippen molar-refractivity contribution in [2.24, 2.45) is 11.0 Å². The van der Waals surface area contributed by atoms with Crippen molar-refractivity contribution in [2.75, 3.05) is 25.1 Å². The first-order valence-electron chi connectivity index (χ1n) is 6.02. The fourth-order valence-corrected chi connectivity index (χ4v) is 2.56. The molecule has 4 rings (SSSR count). The fraction of sp³-hybridized carbons (Fsp3) is 0.462. The summed E-state index contributed by atoms with van der Waals surface area (Å²) in [7, 11) is 0. The van der Waals surface area contributed by atoms with Gasteiger partial charge in [0.05, 0.1) is 11.4 Å². The van der Waals surface area contributed by atoms with Crippen molar-refractivity contribution in [2.45, 2.75) is 12.8 Å². The molecule has 0 atom stereocenters. The quantitative estimate of drug-likeness (QED) is 0.766. The van der Waals surface area contributed by atoms with Gasteiger partial charge in [-0.05, 0) is 38.1 Å². The van der Waals surface area contributed by atoms with Crippen LogP contribution < -0.4 is 5.43 Å². The van der Waals surface area contributed by atoms with Crippen LogP contribution in [0.3, 0.4) is 0 Å². The molecular weight excluding hydrogens is 198 g/mol. The molecule has 84 valence electrons. The maximum atomic E-state index is 4.56. The van der Waals surface area contributed by atoms with E-state index in [2.05, 4.69) is 15.4 Å². The lowest BCUT2D eigenvalue weighted by Crippen LogP contribution is -2.48. The van der Waals surface area contributed by atoms with E-state index in [1.807, 2.05) is 30.3 Å². The Hall–Kier alpha value is -1.35. The van der Waals surface area contributed by atoms with Crippen LogP contribution in [0.4, 0.5) is 5.69 Å². The van der Waals surface area contributed by atoms with Crippen LogP contribution in [0.2, 0.25) is 0 Å². The highest BCUT2D eigenvalue weighted by molar-refractivity contribution is 5.90. The minimum atomic E-state index is 0.723. The Labute approximate surface area is 96.1 Å². The van der Waals surface area contributed by atoms with Crippen LogP contribution in [0.1, 0.15) is 12.8 Å². The van der Waals surface area contributed by atoms with Crippen molar-refractivity contribution < 1.29 is 0 Å². The molecule has 3 fully saturated rings. The summed E-state index contributed by atoms with van der Waals surface area (Å²) in [5.41, 5.74) is 5.57. The van der Waals surface area contributed by atoms with Gasteiger partial charge in [-0.25, -0.2) is 0 Å². The smallest absolute Gasteiger partial charge is 0.0561 e. The number of piperidine rings is 3. The Balaban J connectivity index is 1.69. The van der Waals surface area contributed by atoms with E-state index in [1.165, 1.54) is 31.6 Å². The number of rotatable bonds is 2. The molecule has 3 heteroatoms. The molecule has 3 aliphatic heterocycles. The predicted molar refractivity (Wildman–Crippen MR) is 66.7 cm³/mol. The summed E-state index contributed by atoms with van der Waals surface area (Å²) in [6.45, 7) is 3.58. The molecule has 2 bridgehead atoms. The van der Waals surface area contributed by atoms with Gasteiger partial charge in [0.15, 0.2) is 0 Å². The minimum absolute atomic E-state index is 0.723. The standard InChI is InChI=1S/C13H17N3/c1-2-4-12(5-3-1)14-15-13-10-16-8-6-11(13)7-9-16/h1-5,11,14H,6-10H2. The van der Waals surface area contributed by atoms with Gasteiger partial charge in [-0.1, -0.05) is 18.2 Å². The van der Waals surface area contributed by atoms with Crippen molar-refractivity contribution in [3.8, 4) is 0 Å². The SMILES string of the molecule is c1ccc(NN=C2CN3CCC2CC3)cc1. The Morgan fingerprint density at radius 3 is 2.50 bits per heavy atom. The van der Waals surface area contributed by atoms with Crippen molar-refractivity contribution >= 4 is 11.4 Å². The molecule has 0 aliphatic carbocycles. The number of hydrogen-bond acceptors (Lipinski definition) is 3. The number of benzene rings is 1. The van der Waals surface area contributed by atoms with Gasteiger partial charge in [0, 0.05) is 12.5 Å². The first-order chi connectivity index (χ1) is 7.92. The van der Waals surface area contributed by atoms with Crippen LogP contribution in [-0.2, 0) is 0 Å². The molecule has 0 saturated carbocycles. The first-order valence-corrected chi connectivity index (χ1v) is 6.02. The Kier molecular flexibility index (Phi) is 2.62. The van der Waals surface area contributed by atoms with Gasteiger partial charge in [0.2, 0.25) is 0 Å². The van der Waals surface area contributed by atoms with E-state index >= 15 is 0 Å². The maximum absolute atomic E-state index is 4.56. The average molecular weight is 215 g/mol. The van der Waals surface area contributed by atoms with Crippen LogP contribution in [0.15, 0.2) is 35.4 Å². The third-order valence-corrected chi connectivity index (χ3v) is 3.55. The van der Waals surface area contributed by atoms with E-state index in [1.54, 1.807) is 0 Å². The summed E-state index contributed by atoms with van der Waals surface area (Å²) in [6.07, 6.45) is 2.57. The van der Waals surface area contributed by atoms with E-state index in [-0.39, 0.29) is 0 Å². The molecule has 3 saturated heterocycles. The molecule has 16 heavy (non-hydrogen) atoms. The summed E-state index contributed by atoms with van der Waals surface area (Å²) in [5, 5.41) is 4.56. The summed E-state index contributed by atoms with van der Waals surface area (Å²) in [5.74, 6) is 0.723. The number of nitrogens with one attached hydrogen (secondary N) is 1. The van der Waals surface area contributed by atoms with E-state index < -0.39 is 0 Å². The summed E-state index contributed by atoms with van der Waals surface area (Å²) < 4.78 is 0. The zero-order valence-electron chi connectivity index (χ0n) is 9.39. The van der Waals surface area contributed by atoms with E-state index in [4.69, 9.17) is 0 Å². The number of fused-ring (bicyclic) bond motifs is 3. The highest BCUT2D eigenvalue weighted by Gasteiger charge is 2.30. The zero-order chi connectivity index (χ0) is 10.8. The van der Waals surface area contributed by atoms with Crippen LogP contribution >= 0.6 is 0 Å². The number of nitrogens with zero attached hydrogens (tertiary/aromatic N) is 2. The van der Waals surface area contributed by atoms with Crippen LogP contribution in [0, 0.1) is 5.92 Å². The van der Waals surface area contributed by atoms with Crippen molar-refractivity contribution in [3.05, 3.63) is 30.3 Å². The second kappa shape index (κ2) is 4.26. The molecule has 0 spiro atoms. The average Bonchev–Trinajstić information content (AvgIpc) is 2.39. The fourth-order valence-electron chi connectivity index (χ4n) is 2.56. The monoisotopic (exact) mass is 215 g/mol. The van der Waals surface area contributed by atoms with Crippen LogP contribution in [-0.4, -0.2) is 30.2 Å². The van der Waals surface area contributed by atoms with Gasteiger partial charge >= 0.3 is 0 Å². The van der Waals surface area contributed by atoms with Crippen molar-refractivity contribution in [3.63, 3.8) is 0 Å². The van der Waals surface area contributed by atoms with E-state index in [9.17, 15) is 0 Å². The maximum Gasteiger partial charge on any atom is 0.0561 e. The van der Waals surface area contributed by atoms with Crippen LogP contribution in [0.25, 0.3) is 0 Å². The Morgan fingerprint density at radius 1 is 1.12 bits per heavy atom.